The van der Waals surface area contributed by atoms with Gasteiger partial charge in [-0.2, -0.15) is 0 Å². The third kappa shape index (κ3) is 6.31. The molecule has 0 fully saturated rings. The summed E-state index contributed by atoms with van der Waals surface area (Å²) in [5.74, 6) is -0.918. The first kappa shape index (κ1) is 19.7. The molecule has 7 heteroatoms. The van der Waals surface area contributed by atoms with Crippen LogP contribution >= 0.6 is 0 Å². The van der Waals surface area contributed by atoms with Crippen molar-refractivity contribution in [3.8, 4) is 0 Å². The number of carbonyl (C=O) groups is 2. The Labute approximate surface area is 126 Å². The molecule has 0 aliphatic rings. The SMILES string of the molecule is CCC(C)(CNC(=O)N(CCOC)C(C)COC)C(=O)O. The summed E-state index contributed by atoms with van der Waals surface area (Å²) in [6.07, 6.45) is 0.439. The van der Waals surface area contributed by atoms with Crippen molar-refractivity contribution in [2.45, 2.75) is 33.2 Å². The van der Waals surface area contributed by atoms with Gasteiger partial charge in [0.25, 0.3) is 0 Å². The molecule has 0 aromatic carbocycles. The van der Waals surface area contributed by atoms with E-state index in [0.29, 0.717) is 26.2 Å². The van der Waals surface area contributed by atoms with Crippen LogP contribution in [0, 0.1) is 5.41 Å². The monoisotopic (exact) mass is 304 g/mol. The zero-order valence-corrected chi connectivity index (χ0v) is 13.6. The predicted molar refractivity (Wildman–Crippen MR) is 79.4 cm³/mol. The zero-order chi connectivity index (χ0) is 16.5. The van der Waals surface area contributed by atoms with Gasteiger partial charge < -0.3 is 24.8 Å². The molecule has 0 aliphatic carbocycles. The van der Waals surface area contributed by atoms with E-state index in [9.17, 15) is 14.7 Å². The second kappa shape index (κ2) is 9.57. The molecule has 0 rings (SSSR count). The van der Waals surface area contributed by atoms with Crippen LogP contribution in [0.5, 0.6) is 0 Å². The topological polar surface area (TPSA) is 88.1 Å². The van der Waals surface area contributed by atoms with Crippen LogP contribution in [-0.4, -0.2) is 68.6 Å². The van der Waals surface area contributed by atoms with Gasteiger partial charge in [0.1, 0.15) is 0 Å². The Hall–Kier alpha value is -1.34. The number of carboxylic acids is 1. The van der Waals surface area contributed by atoms with Gasteiger partial charge in [-0.3, -0.25) is 4.79 Å². The standard InChI is InChI=1S/C14H28N2O5/c1-6-14(3,12(17)18)10-15-13(19)16(7-8-20-4)11(2)9-21-5/h11H,6-10H2,1-5H3,(H,15,19)(H,17,18). The second-order valence-corrected chi connectivity index (χ2v) is 5.37. The van der Waals surface area contributed by atoms with E-state index >= 15 is 0 Å². The molecule has 2 N–H and O–H groups in total. The van der Waals surface area contributed by atoms with E-state index in [-0.39, 0.29) is 18.6 Å². The van der Waals surface area contributed by atoms with Crippen molar-refractivity contribution in [2.24, 2.45) is 5.41 Å². The molecule has 0 heterocycles. The van der Waals surface area contributed by atoms with Crippen molar-refractivity contribution in [3.05, 3.63) is 0 Å². The van der Waals surface area contributed by atoms with Gasteiger partial charge in [-0.05, 0) is 20.3 Å². The highest BCUT2D eigenvalue weighted by atomic mass is 16.5. The van der Waals surface area contributed by atoms with Gasteiger partial charge in [0.05, 0.1) is 24.7 Å². The van der Waals surface area contributed by atoms with Crippen LogP contribution in [0.4, 0.5) is 4.79 Å². The highest BCUT2D eigenvalue weighted by Crippen LogP contribution is 2.20. The van der Waals surface area contributed by atoms with Gasteiger partial charge in [-0.25, -0.2) is 4.79 Å². The number of nitrogens with zero attached hydrogens (tertiary/aromatic N) is 1. The molecule has 21 heavy (non-hydrogen) atoms. The Morgan fingerprint density at radius 2 is 1.95 bits per heavy atom. The summed E-state index contributed by atoms with van der Waals surface area (Å²) in [5.41, 5.74) is -0.965. The van der Waals surface area contributed by atoms with E-state index in [1.54, 1.807) is 33.0 Å². The van der Waals surface area contributed by atoms with Gasteiger partial charge in [0, 0.05) is 27.3 Å². The van der Waals surface area contributed by atoms with Crippen molar-refractivity contribution in [2.75, 3.05) is 40.5 Å². The number of hydrogen-bond acceptors (Lipinski definition) is 4. The van der Waals surface area contributed by atoms with Gasteiger partial charge in [-0.1, -0.05) is 6.92 Å². The van der Waals surface area contributed by atoms with Crippen LogP contribution in [0.3, 0.4) is 0 Å². The Morgan fingerprint density at radius 3 is 2.38 bits per heavy atom. The minimum Gasteiger partial charge on any atom is -0.481 e. The molecule has 2 amide bonds. The zero-order valence-electron chi connectivity index (χ0n) is 13.6. The van der Waals surface area contributed by atoms with E-state index in [0.717, 1.165) is 0 Å². The molecule has 124 valence electrons. The quantitative estimate of drug-likeness (QED) is 0.633. The number of urea groups is 1. The number of rotatable bonds is 10. The average Bonchev–Trinajstić information content (AvgIpc) is 2.45. The second-order valence-electron chi connectivity index (χ2n) is 5.37. The first-order chi connectivity index (χ1) is 9.82. The molecule has 0 bridgehead atoms. The summed E-state index contributed by atoms with van der Waals surface area (Å²) in [6.45, 7) is 6.59. The number of carboxylic acid groups (broad SMARTS) is 1. The summed E-state index contributed by atoms with van der Waals surface area (Å²) in [7, 11) is 3.14. The fraction of sp³-hybridized carbons (Fsp3) is 0.857. The predicted octanol–water partition coefficient (Wildman–Crippen LogP) is 1.18. The molecule has 2 atom stereocenters. The average molecular weight is 304 g/mol. The third-order valence-corrected chi connectivity index (χ3v) is 3.66. The van der Waals surface area contributed by atoms with Gasteiger partial charge in [0.2, 0.25) is 0 Å². The minimum absolute atomic E-state index is 0.0842. The first-order valence-corrected chi connectivity index (χ1v) is 7.08. The lowest BCUT2D eigenvalue weighted by molar-refractivity contribution is -0.147. The smallest absolute Gasteiger partial charge is 0.317 e. The Balaban J connectivity index is 4.69. The lowest BCUT2D eigenvalue weighted by Crippen LogP contribution is -2.51. The largest absolute Gasteiger partial charge is 0.481 e. The van der Waals surface area contributed by atoms with Gasteiger partial charge in [0.15, 0.2) is 0 Å². The van der Waals surface area contributed by atoms with E-state index in [1.165, 1.54) is 0 Å². The van der Waals surface area contributed by atoms with Crippen LogP contribution in [0.15, 0.2) is 0 Å². The lowest BCUT2D eigenvalue weighted by Gasteiger charge is -2.31. The molecular formula is C14H28N2O5. The number of carbonyl (C=O) groups excluding carboxylic acids is 1. The summed E-state index contributed by atoms with van der Waals surface area (Å²) >= 11 is 0. The molecule has 0 saturated carbocycles. The molecule has 7 nitrogen and oxygen atoms in total. The number of aliphatic carboxylic acids is 1. The maximum Gasteiger partial charge on any atom is 0.317 e. The first-order valence-electron chi connectivity index (χ1n) is 7.08. The Bertz CT molecular complexity index is 337. The summed E-state index contributed by atoms with van der Waals surface area (Å²) in [5, 5.41) is 11.9. The number of ether oxygens (including phenoxy) is 2. The van der Waals surface area contributed by atoms with Crippen LogP contribution in [0.2, 0.25) is 0 Å². The van der Waals surface area contributed by atoms with Crippen molar-refractivity contribution in [3.63, 3.8) is 0 Å². The molecular weight excluding hydrogens is 276 g/mol. The van der Waals surface area contributed by atoms with Gasteiger partial charge >= 0.3 is 12.0 Å². The third-order valence-electron chi connectivity index (χ3n) is 3.66. The van der Waals surface area contributed by atoms with Crippen LogP contribution < -0.4 is 5.32 Å². The normalized spacial score (nSPS) is 15.1. The van der Waals surface area contributed by atoms with Crippen molar-refractivity contribution < 1.29 is 24.2 Å². The molecule has 0 aliphatic heterocycles. The Kier molecular flexibility index (Phi) is 8.96. The molecule has 0 aromatic heterocycles. The summed E-state index contributed by atoms with van der Waals surface area (Å²) in [6, 6.07) is -0.430. The molecule has 0 aromatic rings. The Morgan fingerprint density at radius 1 is 1.33 bits per heavy atom. The van der Waals surface area contributed by atoms with Crippen molar-refractivity contribution in [1.29, 1.82) is 0 Å². The van der Waals surface area contributed by atoms with Crippen LogP contribution in [0.25, 0.3) is 0 Å². The molecule has 2 unspecified atom stereocenters. The number of hydrogen-bond donors (Lipinski definition) is 2. The molecule has 0 saturated heterocycles. The van der Waals surface area contributed by atoms with Crippen LogP contribution in [-0.2, 0) is 14.3 Å². The minimum atomic E-state index is -0.965. The lowest BCUT2D eigenvalue weighted by atomic mass is 9.88. The number of amides is 2. The maximum atomic E-state index is 12.3. The maximum absolute atomic E-state index is 12.3. The van der Waals surface area contributed by atoms with Crippen LogP contribution in [0.1, 0.15) is 27.2 Å². The fourth-order valence-corrected chi connectivity index (χ4v) is 1.77. The summed E-state index contributed by atoms with van der Waals surface area (Å²) in [4.78, 5) is 25.1. The molecule has 0 radical (unpaired) electrons. The van der Waals surface area contributed by atoms with Crippen molar-refractivity contribution >= 4 is 12.0 Å². The highest BCUT2D eigenvalue weighted by molar-refractivity contribution is 5.78. The van der Waals surface area contributed by atoms with Gasteiger partial charge in [-0.15, -0.1) is 0 Å². The number of nitrogens with one attached hydrogen (secondary N) is 1. The van der Waals surface area contributed by atoms with E-state index in [1.807, 2.05) is 6.92 Å². The van der Waals surface area contributed by atoms with E-state index < -0.39 is 11.4 Å². The molecule has 0 spiro atoms. The number of methoxy groups -OCH3 is 2. The highest BCUT2D eigenvalue weighted by Gasteiger charge is 2.32. The van der Waals surface area contributed by atoms with Crippen molar-refractivity contribution in [1.82, 2.24) is 10.2 Å². The van der Waals surface area contributed by atoms with E-state index in [2.05, 4.69) is 5.32 Å². The summed E-state index contributed by atoms with van der Waals surface area (Å²) < 4.78 is 10.1. The fourth-order valence-electron chi connectivity index (χ4n) is 1.77. The van der Waals surface area contributed by atoms with E-state index in [4.69, 9.17) is 9.47 Å².